The average Bonchev–Trinajstić information content (AvgIpc) is 2.54. The standard InChI is InChI=1S/C14H22N2O6S2/c1-12-11-13(21-2)3-4-14(12)24(19,20)15-5-10-23(17,18)16-6-8-22-9-7-16/h3-4,11,15H,5-10H2,1-2H3. The van der Waals surface area contributed by atoms with E-state index >= 15 is 0 Å². The highest BCUT2D eigenvalue weighted by atomic mass is 32.2. The van der Waals surface area contributed by atoms with Crippen LogP contribution in [0.15, 0.2) is 23.1 Å². The number of benzene rings is 1. The fourth-order valence-corrected chi connectivity index (χ4v) is 5.10. The van der Waals surface area contributed by atoms with Gasteiger partial charge < -0.3 is 9.47 Å². The first-order valence-corrected chi connectivity index (χ1v) is 10.6. The maximum Gasteiger partial charge on any atom is 0.240 e. The zero-order valence-corrected chi connectivity index (χ0v) is 15.3. The van der Waals surface area contributed by atoms with Gasteiger partial charge in [-0.05, 0) is 30.7 Å². The summed E-state index contributed by atoms with van der Waals surface area (Å²) < 4.78 is 62.9. The molecule has 1 aliphatic rings. The van der Waals surface area contributed by atoms with Gasteiger partial charge in [0, 0.05) is 19.6 Å². The highest BCUT2D eigenvalue weighted by Crippen LogP contribution is 2.20. The van der Waals surface area contributed by atoms with Crippen molar-refractivity contribution < 1.29 is 26.3 Å². The lowest BCUT2D eigenvalue weighted by molar-refractivity contribution is 0.0730. The van der Waals surface area contributed by atoms with Crippen LogP contribution in [0.1, 0.15) is 5.56 Å². The van der Waals surface area contributed by atoms with E-state index < -0.39 is 20.0 Å². The monoisotopic (exact) mass is 378 g/mol. The molecule has 0 bridgehead atoms. The largest absolute Gasteiger partial charge is 0.497 e. The Morgan fingerprint density at radius 1 is 1.21 bits per heavy atom. The van der Waals surface area contributed by atoms with E-state index in [1.807, 2.05) is 0 Å². The molecule has 0 spiro atoms. The van der Waals surface area contributed by atoms with E-state index in [0.717, 1.165) is 0 Å². The van der Waals surface area contributed by atoms with Crippen LogP contribution in [0.5, 0.6) is 5.75 Å². The summed E-state index contributed by atoms with van der Waals surface area (Å²) in [5, 5.41) is 0. The predicted octanol–water partition coefficient (Wildman–Crippen LogP) is -0.0561. The molecule has 0 atom stereocenters. The molecule has 10 heteroatoms. The van der Waals surface area contributed by atoms with E-state index in [0.29, 0.717) is 37.6 Å². The summed E-state index contributed by atoms with van der Waals surface area (Å²) in [5.74, 6) is 0.267. The molecule has 1 saturated heterocycles. The average molecular weight is 378 g/mol. The first kappa shape index (κ1) is 19.1. The molecule has 1 aliphatic heterocycles. The van der Waals surface area contributed by atoms with Crippen molar-refractivity contribution >= 4 is 20.0 Å². The zero-order valence-electron chi connectivity index (χ0n) is 13.7. The van der Waals surface area contributed by atoms with E-state index in [4.69, 9.17) is 9.47 Å². The molecular weight excluding hydrogens is 356 g/mol. The minimum Gasteiger partial charge on any atom is -0.497 e. The van der Waals surface area contributed by atoms with Gasteiger partial charge in [-0.2, -0.15) is 4.31 Å². The second-order valence-corrected chi connectivity index (χ2v) is 9.18. The summed E-state index contributed by atoms with van der Waals surface area (Å²) in [5.41, 5.74) is 0.526. The van der Waals surface area contributed by atoms with Crippen molar-refractivity contribution in [3.8, 4) is 5.75 Å². The SMILES string of the molecule is COc1ccc(S(=O)(=O)NCCS(=O)(=O)N2CCOCC2)c(C)c1. The first-order chi connectivity index (χ1) is 11.3. The van der Waals surface area contributed by atoms with Crippen LogP contribution in [-0.4, -0.2) is 66.9 Å². The van der Waals surface area contributed by atoms with Gasteiger partial charge in [0.1, 0.15) is 5.75 Å². The molecule has 8 nitrogen and oxygen atoms in total. The van der Waals surface area contributed by atoms with Gasteiger partial charge in [0.05, 0.1) is 31.0 Å². The molecule has 0 aliphatic carbocycles. The molecule has 0 amide bonds. The molecule has 1 aromatic carbocycles. The van der Waals surface area contributed by atoms with Crippen molar-refractivity contribution in [3.63, 3.8) is 0 Å². The van der Waals surface area contributed by atoms with Crippen molar-refractivity contribution in [2.45, 2.75) is 11.8 Å². The minimum atomic E-state index is -3.78. The maximum absolute atomic E-state index is 12.3. The smallest absolute Gasteiger partial charge is 0.240 e. The van der Waals surface area contributed by atoms with E-state index in [2.05, 4.69) is 4.72 Å². The van der Waals surface area contributed by atoms with Crippen molar-refractivity contribution in [2.75, 3.05) is 45.7 Å². The van der Waals surface area contributed by atoms with Gasteiger partial charge in [0.15, 0.2) is 0 Å². The molecule has 1 N–H and O–H groups in total. The van der Waals surface area contributed by atoms with Gasteiger partial charge in [-0.3, -0.25) is 0 Å². The highest BCUT2D eigenvalue weighted by molar-refractivity contribution is 7.90. The Hall–Kier alpha value is -1.20. The number of nitrogens with zero attached hydrogens (tertiary/aromatic N) is 1. The summed E-state index contributed by atoms with van der Waals surface area (Å²) >= 11 is 0. The Labute approximate surface area is 142 Å². The first-order valence-electron chi connectivity index (χ1n) is 7.46. The van der Waals surface area contributed by atoms with E-state index in [-0.39, 0.29) is 17.2 Å². The Bertz CT molecular complexity index is 770. The number of aryl methyl sites for hydroxylation is 1. The molecule has 1 fully saturated rings. The lowest BCUT2D eigenvalue weighted by Crippen LogP contribution is -2.43. The summed E-state index contributed by atoms with van der Waals surface area (Å²) in [6.07, 6.45) is 0. The van der Waals surface area contributed by atoms with E-state index in [9.17, 15) is 16.8 Å². The summed E-state index contributed by atoms with van der Waals surface area (Å²) in [6.45, 7) is 2.78. The van der Waals surface area contributed by atoms with Crippen molar-refractivity contribution in [1.29, 1.82) is 0 Å². The minimum absolute atomic E-state index is 0.104. The van der Waals surface area contributed by atoms with Crippen molar-refractivity contribution in [1.82, 2.24) is 9.03 Å². The van der Waals surface area contributed by atoms with Gasteiger partial charge in [-0.1, -0.05) is 0 Å². The van der Waals surface area contributed by atoms with Crippen LogP contribution in [0.3, 0.4) is 0 Å². The fraction of sp³-hybridized carbons (Fsp3) is 0.571. The lowest BCUT2D eigenvalue weighted by Gasteiger charge is -2.26. The number of morpholine rings is 1. The number of ether oxygens (including phenoxy) is 2. The van der Waals surface area contributed by atoms with Crippen LogP contribution < -0.4 is 9.46 Å². The number of nitrogens with one attached hydrogen (secondary N) is 1. The van der Waals surface area contributed by atoms with Gasteiger partial charge in [0.2, 0.25) is 20.0 Å². The molecule has 0 unspecified atom stereocenters. The fourth-order valence-electron chi connectivity index (χ4n) is 2.39. The molecule has 136 valence electrons. The Balaban J connectivity index is 2.00. The van der Waals surface area contributed by atoms with Gasteiger partial charge >= 0.3 is 0 Å². The van der Waals surface area contributed by atoms with Crippen LogP contribution in [0, 0.1) is 6.92 Å². The molecular formula is C14H22N2O6S2. The number of hydrogen-bond acceptors (Lipinski definition) is 6. The van der Waals surface area contributed by atoms with Crippen LogP contribution in [-0.2, 0) is 24.8 Å². The molecule has 1 aromatic rings. The number of rotatable bonds is 7. The van der Waals surface area contributed by atoms with Crippen LogP contribution >= 0.6 is 0 Å². The Morgan fingerprint density at radius 2 is 1.88 bits per heavy atom. The second kappa shape index (κ2) is 7.79. The normalized spacial score (nSPS) is 16.9. The lowest BCUT2D eigenvalue weighted by atomic mass is 10.2. The third-order valence-corrected chi connectivity index (χ3v) is 7.18. The quantitative estimate of drug-likeness (QED) is 0.713. The summed E-state index contributed by atoms with van der Waals surface area (Å²) in [7, 11) is -5.79. The summed E-state index contributed by atoms with van der Waals surface area (Å²) in [4.78, 5) is 0.104. The second-order valence-electron chi connectivity index (χ2n) is 5.36. The van der Waals surface area contributed by atoms with E-state index in [1.54, 1.807) is 19.1 Å². The third-order valence-electron chi connectivity index (χ3n) is 3.69. The maximum atomic E-state index is 12.3. The number of methoxy groups -OCH3 is 1. The predicted molar refractivity (Wildman–Crippen MR) is 89.1 cm³/mol. The van der Waals surface area contributed by atoms with Gasteiger partial charge in [0.25, 0.3) is 0 Å². The third kappa shape index (κ3) is 4.67. The Kier molecular flexibility index (Phi) is 6.21. The molecule has 0 saturated carbocycles. The van der Waals surface area contributed by atoms with Crippen molar-refractivity contribution in [2.24, 2.45) is 0 Å². The van der Waals surface area contributed by atoms with E-state index in [1.165, 1.54) is 17.5 Å². The van der Waals surface area contributed by atoms with Crippen LogP contribution in [0.25, 0.3) is 0 Å². The Morgan fingerprint density at radius 3 is 2.46 bits per heavy atom. The van der Waals surface area contributed by atoms with Crippen molar-refractivity contribution in [3.05, 3.63) is 23.8 Å². The molecule has 24 heavy (non-hydrogen) atoms. The van der Waals surface area contributed by atoms with Gasteiger partial charge in [-0.25, -0.2) is 21.6 Å². The molecule has 0 aromatic heterocycles. The zero-order chi connectivity index (χ0) is 17.8. The van der Waals surface area contributed by atoms with Gasteiger partial charge in [-0.15, -0.1) is 0 Å². The number of sulfonamides is 2. The number of hydrogen-bond donors (Lipinski definition) is 1. The molecule has 1 heterocycles. The van der Waals surface area contributed by atoms with Crippen LogP contribution in [0.4, 0.5) is 0 Å². The molecule has 2 rings (SSSR count). The topological polar surface area (TPSA) is 102 Å². The molecule has 0 radical (unpaired) electrons. The van der Waals surface area contributed by atoms with Crippen LogP contribution in [0.2, 0.25) is 0 Å². The summed E-state index contributed by atoms with van der Waals surface area (Å²) in [6, 6.07) is 4.60. The highest BCUT2D eigenvalue weighted by Gasteiger charge is 2.25.